The zero-order valence-electron chi connectivity index (χ0n) is 27.4. The normalized spacial score (nSPS) is 18.2. The molecule has 6 rings (SSSR count). The molecule has 5 heteroatoms. The van der Waals surface area contributed by atoms with Crippen LogP contribution in [0.25, 0.3) is 22.5 Å². The van der Waals surface area contributed by atoms with Crippen molar-refractivity contribution < 1.29 is 9.47 Å². The van der Waals surface area contributed by atoms with Crippen molar-refractivity contribution in [3.63, 3.8) is 0 Å². The second kappa shape index (κ2) is 15.5. The standard InChI is InChI=1S/C41H47N3O2/c1-3-26-41(27-16-17-28-43(2)29-33-18-8-4-9-19-33)31-45-40(46-32-41)39-42-37(35-22-12-6-13-23-35)38(36-24-14-7-15-25-36)44(39)30-34-20-10-5-11-21-34/h4-15,18-25,40H,3,16-17,26-32H2,1-2H3. The van der Waals surface area contributed by atoms with E-state index in [1.807, 2.05) is 0 Å². The molecule has 0 atom stereocenters. The summed E-state index contributed by atoms with van der Waals surface area (Å²) in [7, 11) is 2.22. The smallest absolute Gasteiger partial charge is 0.217 e. The summed E-state index contributed by atoms with van der Waals surface area (Å²) in [6, 6.07) is 42.4. The molecule has 0 saturated carbocycles. The van der Waals surface area contributed by atoms with Crippen molar-refractivity contribution in [2.24, 2.45) is 5.41 Å². The molecule has 5 aromatic rings. The summed E-state index contributed by atoms with van der Waals surface area (Å²) in [6.45, 7) is 6.39. The summed E-state index contributed by atoms with van der Waals surface area (Å²) < 4.78 is 15.7. The van der Waals surface area contributed by atoms with E-state index in [0.29, 0.717) is 19.8 Å². The van der Waals surface area contributed by atoms with E-state index in [-0.39, 0.29) is 5.41 Å². The second-order valence-corrected chi connectivity index (χ2v) is 12.9. The van der Waals surface area contributed by atoms with E-state index in [4.69, 9.17) is 14.5 Å². The van der Waals surface area contributed by atoms with Crippen LogP contribution in [0.2, 0.25) is 0 Å². The molecule has 0 amide bonds. The highest BCUT2D eigenvalue weighted by Gasteiger charge is 2.38. The first-order chi connectivity index (χ1) is 22.6. The van der Waals surface area contributed by atoms with E-state index in [2.05, 4.69) is 145 Å². The third-order valence-corrected chi connectivity index (χ3v) is 9.14. The Bertz CT molecular complexity index is 1610. The van der Waals surface area contributed by atoms with Gasteiger partial charge in [0.25, 0.3) is 0 Å². The minimum atomic E-state index is -0.523. The van der Waals surface area contributed by atoms with E-state index < -0.39 is 6.29 Å². The monoisotopic (exact) mass is 613 g/mol. The lowest BCUT2D eigenvalue weighted by Crippen LogP contribution is -2.39. The Balaban J connectivity index is 1.21. The average Bonchev–Trinajstić information content (AvgIpc) is 3.48. The van der Waals surface area contributed by atoms with Gasteiger partial charge >= 0.3 is 0 Å². The molecule has 4 aromatic carbocycles. The molecule has 0 spiro atoms. The minimum Gasteiger partial charge on any atom is -0.345 e. The first-order valence-electron chi connectivity index (χ1n) is 16.8. The van der Waals surface area contributed by atoms with Crippen molar-refractivity contribution in [1.29, 1.82) is 0 Å². The van der Waals surface area contributed by atoms with E-state index in [1.54, 1.807) is 0 Å². The molecule has 1 saturated heterocycles. The summed E-state index contributed by atoms with van der Waals surface area (Å²) in [6.07, 6.45) is 5.13. The van der Waals surface area contributed by atoms with Gasteiger partial charge in [-0.05, 0) is 44.0 Å². The first kappa shape index (κ1) is 31.9. The molecule has 5 nitrogen and oxygen atoms in total. The Kier molecular flexibility index (Phi) is 10.8. The molecular weight excluding hydrogens is 566 g/mol. The van der Waals surface area contributed by atoms with Crippen molar-refractivity contribution in [2.45, 2.75) is 58.4 Å². The van der Waals surface area contributed by atoms with E-state index in [9.17, 15) is 0 Å². The average molecular weight is 614 g/mol. The lowest BCUT2D eigenvalue weighted by atomic mass is 9.79. The van der Waals surface area contributed by atoms with Gasteiger partial charge in [0, 0.05) is 29.6 Å². The van der Waals surface area contributed by atoms with Crippen LogP contribution in [0.5, 0.6) is 0 Å². The van der Waals surface area contributed by atoms with Crippen LogP contribution in [0.15, 0.2) is 121 Å². The summed E-state index contributed by atoms with van der Waals surface area (Å²) in [4.78, 5) is 7.73. The lowest BCUT2D eigenvalue weighted by Gasteiger charge is -2.40. The van der Waals surface area contributed by atoms with Crippen molar-refractivity contribution in [3.05, 3.63) is 138 Å². The third kappa shape index (κ3) is 7.84. The van der Waals surface area contributed by atoms with Crippen LogP contribution in [0, 0.1) is 5.41 Å². The second-order valence-electron chi connectivity index (χ2n) is 12.9. The quantitative estimate of drug-likeness (QED) is 0.117. The zero-order chi connectivity index (χ0) is 31.6. The molecule has 1 aromatic heterocycles. The van der Waals surface area contributed by atoms with Gasteiger partial charge < -0.3 is 18.9 Å². The first-order valence-corrected chi connectivity index (χ1v) is 16.8. The fourth-order valence-electron chi connectivity index (χ4n) is 6.81. The van der Waals surface area contributed by atoms with Crippen LogP contribution in [-0.4, -0.2) is 41.3 Å². The van der Waals surface area contributed by atoms with Crippen LogP contribution in [0.3, 0.4) is 0 Å². The number of hydrogen-bond donors (Lipinski definition) is 0. The largest absolute Gasteiger partial charge is 0.345 e. The molecule has 1 aliphatic rings. The number of ether oxygens (including phenoxy) is 2. The molecule has 0 aliphatic carbocycles. The van der Waals surface area contributed by atoms with Crippen LogP contribution in [0.1, 0.15) is 62.3 Å². The van der Waals surface area contributed by atoms with Gasteiger partial charge in [0.05, 0.1) is 24.6 Å². The summed E-state index contributed by atoms with van der Waals surface area (Å²) >= 11 is 0. The molecule has 1 fully saturated rings. The van der Waals surface area contributed by atoms with Crippen LogP contribution in [0.4, 0.5) is 0 Å². The Hall–Kier alpha value is -4.03. The molecule has 0 N–H and O–H groups in total. The Labute approximate surface area is 274 Å². The molecular formula is C41H47N3O2. The maximum Gasteiger partial charge on any atom is 0.217 e. The van der Waals surface area contributed by atoms with Gasteiger partial charge in [0.15, 0.2) is 5.82 Å². The van der Waals surface area contributed by atoms with Crippen molar-refractivity contribution in [1.82, 2.24) is 14.5 Å². The highest BCUT2D eigenvalue weighted by atomic mass is 16.7. The van der Waals surface area contributed by atoms with Gasteiger partial charge in [-0.3, -0.25) is 0 Å². The SMILES string of the molecule is CCCC1(CCCCN(C)Cc2ccccc2)COC(c2nc(-c3ccccc3)c(-c3ccccc3)n2Cc2ccccc2)OC1. The molecule has 0 bridgehead atoms. The Morgan fingerprint density at radius 3 is 1.89 bits per heavy atom. The number of rotatable bonds is 14. The highest BCUT2D eigenvalue weighted by Crippen LogP contribution is 2.41. The lowest BCUT2D eigenvalue weighted by molar-refractivity contribution is -0.241. The third-order valence-electron chi connectivity index (χ3n) is 9.14. The number of unbranched alkanes of at least 4 members (excludes halogenated alkanes) is 1. The number of hydrogen-bond acceptors (Lipinski definition) is 4. The molecule has 0 radical (unpaired) electrons. The number of imidazole rings is 1. The van der Waals surface area contributed by atoms with Crippen LogP contribution < -0.4 is 0 Å². The number of nitrogens with zero attached hydrogens (tertiary/aromatic N) is 3. The number of benzene rings is 4. The molecule has 1 aliphatic heterocycles. The van der Waals surface area contributed by atoms with Gasteiger partial charge in [0.2, 0.25) is 6.29 Å². The van der Waals surface area contributed by atoms with Gasteiger partial charge in [-0.15, -0.1) is 0 Å². The van der Waals surface area contributed by atoms with Crippen molar-refractivity contribution in [3.8, 4) is 22.5 Å². The highest BCUT2D eigenvalue weighted by molar-refractivity contribution is 5.79. The van der Waals surface area contributed by atoms with E-state index in [0.717, 1.165) is 67.1 Å². The Morgan fingerprint density at radius 2 is 1.28 bits per heavy atom. The fraction of sp³-hybridized carbons (Fsp3) is 0.341. The molecule has 0 unspecified atom stereocenters. The fourth-order valence-corrected chi connectivity index (χ4v) is 6.81. The van der Waals surface area contributed by atoms with Crippen molar-refractivity contribution >= 4 is 0 Å². The molecule has 238 valence electrons. The predicted molar refractivity (Wildman–Crippen MR) is 187 cm³/mol. The maximum absolute atomic E-state index is 6.69. The molecule has 2 heterocycles. The minimum absolute atomic E-state index is 0.0324. The van der Waals surface area contributed by atoms with Gasteiger partial charge in [0.1, 0.15) is 0 Å². The zero-order valence-corrected chi connectivity index (χ0v) is 27.4. The summed E-state index contributed by atoms with van der Waals surface area (Å²) in [5.41, 5.74) is 6.87. The van der Waals surface area contributed by atoms with Gasteiger partial charge in [-0.2, -0.15) is 0 Å². The van der Waals surface area contributed by atoms with Crippen LogP contribution in [-0.2, 0) is 22.6 Å². The van der Waals surface area contributed by atoms with Gasteiger partial charge in [-0.25, -0.2) is 4.98 Å². The number of aromatic nitrogens is 2. The van der Waals surface area contributed by atoms with Crippen molar-refractivity contribution in [2.75, 3.05) is 26.8 Å². The summed E-state index contributed by atoms with van der Waals surface area (Å²) in [5.74, 6) is 0.828. The van der Waals surface area contributed by atoms with E-state index in [1.165, 1.54) is 17.5 Å². The topological polar surface area (TPSA) is 39.5 Å². The molecule has 46 heavy (non-hydrogen) atoms. The van der Waals surface area contributed by atoms with Crippen LogP contribution >= 0.6 is 0 Å². The van der Waals surface area contributed by atoms with E-state index >= 15 is 0 Å². The Morgan fingerprint density at radius 1 is 0.717 bits per heavy atom. The summed E-state index contributed by atoms with van der Waals surface area (Å²) in [5, 5.41) is 0. The predicted octanol–water partition coefficient (Wildman–Crippen LogP) is 9.40. The maximum atomic E-state index is 6.69. The van der Waals surface area contributed by atoms with Gasteiger partial charge in [-0.1, -0.05) is 141 Å².